The molecule has 0 radical (unpaired) electrons. The lowest BCUT2D eigenvalue weighted by Gasteiger charge is -2.17. The topological polar surface area (TPSA) is 171 Å². The number of carbonyl (C=O) groups excluding carboxylic acids is 1. The molecular weight excluding hydrogens is 282 g/mol. The number of carbonyl (C=O) groups is 1. The van der Waals surface area contributed by atoms with Crippen molar-refractivity contribution in [1.82, 2.24) is 0 Å². The highest BCUT2D eigenvalue weighted by atomic mass is 31.3. The minimum absolute atomic E-state index is 0.304. The molecule has 0 saturated carbocycles. The Bertz CT molecular complexity index is 336. The quantitative estimate of drug-likeness (QED) is 0.262. The molecule has 0 rings (SSSR count). The van der Waals surface area contributed by atoms with Crippen LogP contribution in [0.25, 0.3) is 0 Å². The summed E-state index contributed by atoms with van der Waals surface area (Å²) in [6.07, 6.45) is -3.33. The van der Waals surface area contributed by atoms with Crippen LogP contribution in [-0.4, -0.2) is 50.0 Å². The fourth-order valence-corrected chi connectivity index (χ4v) is 2.30. The first-order valence-electron chi connectivity index (χ1n) is 4.11. The van der Waals surface area contributed by atoms with Crippen LogP contribution in [0.4, 0.5) is 0 Å². The molecule has 0 aromatic rings. The van der Waals surface area contributed by atoms with Crippen molar-refractivity contribution >= 4 is 21.9 Å². The molecule has 0 aliphatic carbocycles. The zero-order chi connectivity index (χ0) is 13.7. The van der Waals surface area contributed by atoms with Crippen molar-refractivity contribution < 1.29 is 47.7 Å². The van der Waals surface area contributed by atoms with E-state index in [2.05, 4.69) is 8.83 Å². The van der Waals surface area contributed by atoms with E-state index in [4.69, 9.17) is 24.9 Å². The summed E-state index contributed by atoms with van der Waals surface area (Å²) in [6.45, 7) is -0.942. The second-order valence-corrected chi connectivity index (χ2v) is 5.70. The number of aliphatic hydroxyl groups excluding tert-OH is 2. The molecular formula is C5H12O10P2. The SMILES string of the molecule is O=CC[C@H](O)[C@H](O)COP(=O)(O)OP(=O)(O)O. The molecule has 0 fully saturated rings. The number of aliphatic hydroxyl groups is 2. The van der Waals surface area contributed by atoms with Gasteiger partial charge in [-0.15, -0.1) is 0 Å². The number of aldehydes is 1. The van der Waals surface area contributed by atoms with Gasteiger partial charge in [0, 0.05) is 6.42 Å². The van der Waals surface area contributed by atoms with Gasteiger partial charge in [-0.05, 0) is 0 Å². The first-order chi connectivity index (χ1) is 7.57. The summed E-state index contributed by atoms with van der Waals surface area (Å²) in [5, 5.41) is 18.1. The fraction of sp³-hybridized carbons (Fsp3) is 0.800. The van der Waals surface area contributed by atoms with Gasteiger partial charge in [0.2, 0.25) is 0 Å². The predicted molar refractivity (Wildman–Crippen MR) is 51.6 cm³/mol. The second kappa shape index (κ2) is 6.69. The maximum atomic E-state index is 10.9. The largest absolute Gasteiger partial charge is 0.481 e. The van der Waals surface area contributed by atoms with Crippen LogP contribution in [0.3, 0.4) is 0 Å². The van der Waals surface area contributed by atoms with Crippen molar-refractivity contribution in [3.8, 4) is 0 Å². The lowest BCUT2D eigenvalue weighted by Crippen LogP contribution is -2.30. The number of hydrogen-bond donors (Lipinski definition) is 5. The monoisotopic (exact) mass is 294 g/mol. The van der Waals surface area contributed by atoms with Crippen molar-refractivity contribution in [2.75, 3.05) is 6.61 Å². The molecule has 0 aromatic heterocycles. The molecule has 0 aliphatic heterocycles. The van der Waals surface area contributed by atoms with Crippen molar-refractivity contribution in [3.05, 3.63) is 0 Å². The third-order valence-electron chi connectivity index (χ3n) is 1.40. The first kappa shape index (κ1) is 16.9. The van der Waals surface area contributed by atoms with Gasteiger partial charge in [-0.2, -0.15) is 4.31 Å². The van der Waals surface area contributed by atoms with Crippen LogP contribution < -0.4 is 0 Å². The molecule has 0 saturated heterocycles. The molecule has 10 nitrogen and oxygen atoms in total. The number of rotatable bonds is 8. The summed E-state index contributed by atoms with van der Waals surface area (Å²) in [4.78, 5) is 35.2. The Hall–Kier alpha value is -0.150. The molecule has 0 bridgehead atoms. The maximum absolute atomic E-state index is 10.9. The van der Waals surface area contributed by atoms with Crippen LogP contribution in [0.5, 0.6) is 0 Å². The van der Waals surface area contributed by atoms with E-state index in [-0.39, 0.29) is 0 Å². The Balaban J connectivity index is 4.22. The lowest BCUT2D eigenvalue weighted by atomic mass is 10.2. The van der Waals surface area contributed by atoms with Crippen LogP contribution >= 0.6 is 15.6 Å². The van der Waals surface area contributed by atoms with Crippen molar-refractivity contribution in [3.63, 3.8) is 0 Å². The molecule has 12 heteroatoms. The summed E-state index contributed by atoms with van der Waals surface area (Å²) in [6, 6.07) is 0. The van der Waals surface area contributed by atoms with Gasteiger partial charge in [0.25, 0.3) is 0 Å². The minimum Gasteiger partial charge on any atom is -0.390 e. The summed E-state index contributed by atoms with van der Waals surface area (Å²) < 4.78 is 28.5. The third-order valence-corrected chi connectivity index (χ3v) is 3.55. The number of hydrogen-bond acceptors (Lipinski definition) is 7. The van der Waals surface area contributed by atoms with Gasteiger partial charge in [0.1, 0.15) is 12.4 Å². The molecule has 0 aromatic carbocycles. The zero-order valence-electron chi connectivity index (χ0n) is 8.32. The highest BCUT2D eigenvalue weighted by Gasteiger charge is 2.33. The summed E-state index contributed by atoms with van der Waals surface area (Å²) in [5.41, 5.74) is 0. The Labute approximate surface area is 95.7 Å². The normalized spacial score (nSPS) is 19.4. The highest BCUT2D eigenvalue weighted by molar-refractivity contribution is 7.60. The smallest absolute Gasteiger partial charge is 0.390 e. The Morgan fingerprint density at radius 1 is 1.12 bits per heavy atom. The maximum Gasteiger partial charge on any atom is 0.481 e. The standard InChI is InChI=1S/C5H12O10P2/c6-2-1-4(7)5(8)3-14-17(12,13)15-16(9,10)11/h2,4-5,7-8H,1,3H2,(H,12,13)(H2,9,10,11)/t4-,5+/m0/s1. The van der Waals surface area contributed by atoms with Gasteiger partial charge in [0.15, 0.2) is 0 Å². The lowest BCUT2D eigenvalue weighted by molar-refractivity contribution is -0.111. The minimum atomic E-state index is -5.22. The molecule has 3 atom stereocenters. The summed E-state index contributed by atoms with van der Waals surface area (Å²) in [7, 11) is -10.3. The van der Waals surface area contributed by atoms with Gasteiger partial charge in [-0.3, -0.25) is 4.52 Å². The molecule has 5 N–H and O–H groups in total. The van der Waals surface area contributed by atoms with Gasteiger partial charge in [-0.1, -0.05) is 0 Å². The summed E-state index contributed by atoms with van der Waals surface area (Å²) in [5.74, 6) is 0. The Morgan fingerprint density at radius 2 is 1.65 bits per heavy atom. The van der Waals surface area contributed by atoms with Gasteiger partial charge in [-0.25, -0.2) is 9.13 Å². The van der Waals surface area contributed by atoms with Crippen LogP contribution in [-0.2, 0) is 22.8 Å². The van der Waals surface area contributed by atoms with Crippen LogP contribution in [0.2, 0.25) is 0 Å². The van der Waals surface area contributed by atoms with E-state index in [1.165, 1.54) is 0 Å². The van der Waals surface area contributed by atoms with Crippen molar-refractivity contribution in [2.24, 2.45) is 0 Å². The molecule has 0 amide bonds. The van der Waals surface area contributed by atoms with E-state index in [1.54, 1.807) is 0 Å². The van der Waals surface area contributed by atoms with E-state index in [9.17, 15) is 13.9 Å². The Kier molecular flexibility index (Phi) is 6.64. The average molecular weight is 294 g/mol. The van der Waals surface area contributed by atoms with E-state index >= 15 is 0 Å². The number of phosphoric ester groups is 1. The van der Waals surface area contributed by atoms with E-state index in [1.807, 2.05) is 0 Å². The van der Waals surface area contributed by atoms with Crippen molar-refractivity contribution in [1.29, 1.82) is 0 Å². The van der Waals surface area contributed by atoms with Crippen LogP contribution in [0.1, 0.15) is 6.42 Å². The molecule has 0 aliphatic rings. The van der Waals surface area contributed by atoms with Crippen molar-refractivity contribution in [2.45, 2.75) is 18.6 Å². The van der Waals surface area contributed by atoms with E-state index in [0.29, 0.717) is 6.29 Å². The fourth-order valence-electron chi connectivity index (χ4n) is 0.695. The molecule has 0 spiro atoms. The average Bonchev–Trinajstić information content (AvgIpc) is 2.10. The molecule has 1 unspecified atom stereocenters. The predicted octanol–water partition coefficient (Wildman–Crippen LogP) is -1.48. The van der Waals surface area contributed by atoms with Gasteiger partial charge in [0.05, 0.1) is 12.7 Å². The molecule has 0 heterocycles. The molecule has 17 heavy (non-hydrogen) atoms. The zero-order valence-corrected chi connectivity index (χ0v) is 10.1. The van der Waals surface area contributed by atoms with Gasteiger partial charge >= 0.3 is 15.6 Å². The number of phosphoric acid groups is 2. The Morgan fingerprint density at radius 3 is 2.06 bits per heavy atom. The summed E-state index contributed by atoms with van der Waals surface area (Å²) >= 11 is 0. The second-order valence-electron chi connectivity index (χ2n) is 2.87. The van der Waals surface area contributed by atoms with E-state index < -0.39 is 40.9 Å². The third kappa shape index (κ3) is 8.56. The molecule has 102 valence electrons. The van der Waals surface area contributed by atoms with Crippen LogP contribution in [0.15, 0.2) is 0 Å². The van der Waals surface area contributed by atoms with Gasteiger partial charge < -0.3 is 29.7 Å². The highest BCUT2D eigenvalue weighted by Crippen LogP contribution is 2.57. The first-order valence-corrected chi connectivity index (χ1v) is 7.14. The van der Waals surface area contributed by atoms with E-state index in [0.717, 1.165) is 0 Å². The van der Waals surface area contributed by atoms with Crippen LogP contribution in [0, 0.1) is 0 Å².